The average Bonchev–Trinajstić information content (AvgIpc) is 2.38. The first kappa shape index (κ1) is 14.8. The Bertz CT molecular complexity index is 526. The number of nitrogens with one attached hydrogen (secondary N) is 2. The molecule has 0 radical (unpaired) electrons. The molecule has 1 unspecified atom stereocenters. The second-order valence-corrected chi connectivity index (χ2v) is 5.43. The average molecular weight is 294 g/mol. The van der Waals surface area contributed by atoms with Crippen LogP contribution in [0.3, 0.4) is 0 Å². The van der Waals surface area contributed by atoms with E-state index in [1.807, 2.05) is 44.4 Å². The van der Waals surface area contributed by atoms with Gasteiger partial charge in [-0.05, 0) is 32.3 Å². The summed E-state index contributed by atoms with van der Waals surface area (Å²) in [6, 6.07) is 7.39. The Labute approximate surface area is 124 Å². The van der Waals surface area contributed by atoms with Crippen molar-refractivity contribution in [2.24, 2.45) is 10.7 Å². The van der Waals surface area contributed by atoms with Crippen LogP contribution < -0.4 is 16.4 Å². The van der Waals surface area contributed by atoms with Crippen LogP contribution in [0.5, 0.6) is 0 Å². The summed E-state index contributed by atoms with van der Waals surface area (Å²) < 4.78 is 0. The quantitative estimate of drug-likeness (QED) is 0.760. The predicted octanol–water partition coefficient (Wildman–Crippen LogP) is 1.08. The van der Waals surface area contributed by atoms with E-state index in [-0.39, 0.29) is 0 Å². The van der Waals surface area contributed by atoms with Crippen molar-refractivity contribution in [1.82, 2.24) is 15.5 Å². The molecule has 0 aliphatic carbocycles. The number of allylic oxidation sites excluding steroid dienone is 1. The zero-order chi connectivity index (χ0) is 14.6. The van der Waals surface area contributed by atoms with E-state index < -0.39 is 5.79 Å². The summed E-state index contributed by atoms with van der Waals surface area (Å²) >= 11 is 6.01. The van der Waals surface area contributed by atoms with E-state index >= 15 is 0 Å². The Morgan fingerprint density at radius 1 is 1.45 bits per heavy atom. The molecule has 20 heavy (non-hydrogen) atoms. The van der Waals surface area contributed by atoms with E-state index in [4.69, 9.17) is 17.3 Å². The van der Waals surface area contributed by atoms with Crippen molar-refractivity contribution in [3.8, 4) is 0 Å². The molecular weight excluding hydrogens is 274 g/mol. The van der Waals surface area contributed by atoms with Crippen LogP contribution in [-0.4, -0.2) is 38.3 Å². The van der Waals surface area contributed by atoms with Crippen molar-refractivity contribution in [2.45, 2.75) is 5.79 Å². The number of hydrogen-bond donors (Lipinski definition) is 3. The zero-order valence-electron chi connectivity index (χ0n) is 11.7. The number of benzene rings is 1. The molecule has 0 saturated carbocycles. The van der Waals surface area contributed by atoms with E-state index in [1.54, 1.807) is 6.21 Å². The van der Waals surface area contributed by atoms with Gasteiger partial charge in [0.2, 0.25) is 5.79 Å². The lowest BCUT2D eigenvalue weighted by Gasteiger charge is -2.32. The van der Waals surface area contributed by atoms with E-state index in [0.29, 0.717) is 5.02 Å². The SMILES string of the molecule is CN(C)CCNC1=CC=NC(N)(c2cccc(Cl)c2)N1. The van der Waals surface area contributed by atoms with Crippen molar-refractivity contribution < 1.29 is 0 Å². The lowest BCUT2D eigenvalue weighted by Crippen LogP contribution is -2.52. The largest absolute Gasteiger partial charge is 0.370 e. The van der Waals surface area contributed by atoms with Gasteiger partial charge in [-0.2, -0.15) is 0 Å². The van der Waals surface area contributed by atoms with Gasteiger partial charge in [-0.25, -0.2) is 4.99 Å². The minimum Gasteiger partial charge on any atom is -0.370 e. The van der Waals surface area contributed by atoms with Crippen LogP contribution in [0.2, 0.25) is 5.02 Å². The predicted molar refractivity (Wildman–Crippen MR) is 83.6 cm³/mol. The van der Waals surface area contributed by atoms with Crippen LogP contribution >= 0.6 is 11.6 Å². The van der Waals surface area contributed by atoms with Crippen LogP contribution in [0.25, 0.3) is 0 Å². The first-order chi connectivity index (χ1) is 9.49. The van der Waals surface area contributed by atoms with Crippen molar-refractivity contribution in [3.05, 3.63) is 46.7 Å². The van der Waals surface area contributed by atoms with Gasteiger partial charge in [-0.15, -0.1) is 0 Å². The summed E-state index contributed by atoms with van der Waals surface area (Å²) in [6.45, 7) is 1.76. The Kier molecular flexibility index (Phi) is 4.65. The van der Waals surface area contributed by atoms with Gasteiger partial charge in [0.25, 0.3) is 0 Å². The summed E-state index contributed by atoms with van der Waals surface area (Å²) in [4.78, 5) is 6.43. The molecule has 1 aromatic rings. The normalized spacial score (nSPS) is 21.6. The molecule has 108 valence electrons. The molecule has 6 heteroatoms. The maximum Gasteiger partial charge on any atom is 0.210 e. The molecule has 1 heterocycles. The fraction of sp³-hybridized carbons (Fsp3) is 0.357. The third kappa shape index (κ3) is 3.72. The summed E-state index contributed by atoms with van der Waals surface area (Å²) in [5.41, 5.74) is 7.13. The molecule has 0 bridgehead atoms. The van der Waals surface area contributed by atoms with Crippen molar-refractivity contribution >= 4 is 17.8 Å². The maximum absolute atomic E-state index is 6.31. The van der Waals surface area contributed by atoms with Gasteiger partial charge in [0.05, 0.1) is 0 Å². The first-order valence-electron chi connectivity index (χ1n) is 6.47. The van der Waals surface area contributed by atoms with E-state index in [9.17, 15) is 0 Å². The molecule has 0 aromatic heterocycles. The van der Waals surface area contributed by atoms with Crippen molar-refractivity contribution in [3.63, 3.8) is 0 Å². The van der Waals surface area contributed by atoms with Gasteiger partial charge in [0.1, 0.15) is 5.82 Å². The highest BCUT2D eigenvalue weighted by Crippen LogP contribution is 2.22. The van der Waals surface area contributed by atoms with Gasteiger partial charge in [-0.1, -0.05) is 23.7 Å². The molecule has 1 aliphatic rings. The molecule has 0 amide bonds. The van der Waals surface area contributed by atoms with Crippen LogP contribution in [0.4, 0.5) is 0 Å². The Hall–Kier alpha value is -1.56. The highest BCUT2D eigenvalue weighted by molar-refractivity contribution is 6.30. The number of nitrogens with two attached hydrogens (primary N) is 1. The van der Waals surface area contributed by atoms with Crippen molar-refractivity contribution in [2.75, 3.05) is 27.2 Å². The summed E-state index contributed by atoms with van der Waals surface area (Å²) in [6.07, 6.45) is 3.57. The number of aliphatic imine (C=N–C) groups is 1. The highest BCUT2D eigenvalue weighted by Gasteiger charge is 2.28. The molecule has 4 N–H and O–H groups in total. The number of halogens is 1. The Morgan fingerprint density at radius 3 is 2.95 bits per heavy atom. The number of rotatable bonds is 5. The van der Waals surface area contributed by atoms with Crippen LogP contribution in [-0.2, 0) is 5.79 Å². The third-order valence-corrected chi connectivity index (χ3v) is 3.22. The molecule has 0 saturated heterocycles. The molecule has 1 aromatic carbocycles. The highest BCUT2D eigenvalue weighted by atomic mass is 35.5. The van der Waals surface area contributed by atoms with Crippen molar-refractivity contribution in [1.29, 1.82) is 0 Å². The van der Waals surface area contributed by atoms with Crippen LogP contribution in [0, 0.1) is 0 Å². The fourth-order valence-corrected chi connectivity index (χ4v) is 2.09. The molecule has 1 atom stereocenters. The minimum absolute atomic E-state index is 0.640. The maximum atomic E-state index is 6.31. The van der Waals surface area contributed by atoms with Gasteiger partial charge >= 0.3 is 0 Å². The van der Waals surface area contributed by atoms with Gasteiger partial charge in [0, 0.05) is 29.9 Å². The second kappa shape index (κ2) is 6.26. The van der Waals surface area contributed by atoms with E-state index in [2.05, 4.69) is 20.5 Å². The smallest absolute Gasteiger partial charge is 0.210 e. The topological polar surface area (TPSA) is 65.7 Å². The molecule has 2 rings (SSSR count). The lowest BCUT2D eigenvalue weighted by molar-refractivity contribution is 0.367. The second-order valence-electron chi connectivity index (χ2n) is 4.99. The molecule has 1 aliphatic heterocycles. The summed E-state index contributed by atoms with van der Waals surface area (Å²) in [5, 5.41) is 7.14. The van der Waals surface area contributed by atoms with Gasteiger partial charge in [0.15, 0.2) is 0 Å². The standard InChI is InChI=1S/C14H20ClN5/c1-20(2)9-8-17-13-6-7-18-14(16,19-13)11-4-3-5-12(15)10-11/h3-7,10,17,19H,8-9,16H2,1-2H3. The summed E-state index contributed by atoms with van der Waals surface area (Å²) in [5.74, 6) is -0.135. The Balaban J connectivity index is 2.05. The third-order valence-electron chi connectivity index (χ3n) is 2.98. The fourth-order valence-electron chi connectivity index (χ4n) is 1.90. The zero-order valence-corrected chi connectivity index (χ0v) is 12.5. The monoisotopic (exact) mass is 293 g/mol. The Morgan fingerprint density at radius 2 is 2.25 bits per heavy atom. The number of hydrogen-bond acceptors (Lipinski definition) is 5. The van der Waals surface area contributed by atoms with Gasteiger partial charge < -0.3 is 15.5 Å². The summed E-state index contributed by atoms with van der Waals surface area (Å²) in [7, 11) is 4.07. The van der Waals surface area contributed by atoms with Gasteiger partial charge in [-0.3, -0.25) is 5.73 Å². The number of nitrogens with zero attached hydrogens (tertiary/aromatic N) is 2. The number of likely N-dealkylation sites (N-methyl/N-ethyl adjacent to an activating group) is 1. The first-order valence-corrected chi connectivity index (χ1v) is 6.85. The van der Waals surface area contributed by atoms with E-state index in [0.717, 1.165) is 24.5 Å². The van der Waals surface area contributed by atoms with Crippen LogP contribution in [0.15, 0.2) is 41.2 Å². The molecule has 5 nitrogen and oxygen atoms in total. The lowest BCUT2D eigenvalue weighted by atomic mass is 10.1. The molecule has 0 spiro atoms. The van der Waals surface area contributed by atoms with Crippen LogP contribution in [0.1, 0.15) is 5.56 Å². The molecule has 0 fully saturated rings. The minimum atomic E-state index is -0.986. The molecular formula is C14H20ClN5. The van der Waals surface area contributed by atoms with E-state index in [1.165, 1.54) is 0 Å².